The molecule has 0 saturated heterocycles. The van der Waals surface area contributed by atoms with Crippen LogP contribution in [0, 0.1) is 5.92 Å². The van der Waals surface area contributed by atoms with E-state index < -0.39 is 0 Å². The molecule has 146 valence electrons. The number of hydrogen-bond donors (Lipinski definition) is 2. The average Bonchev–Trinajstić information content (AvgIpc) is 2.67. The van der Waals surface area contributed by atoms with E-state index in [9.17, 15) is 9.59 Å². The second-order valence-electron chi connectivity index (χ2n) is 6.98. The first-order chi connectivity index (χ1) is 13.5. The van der Waals surface area contributed by atoms with E-state index in [1.165, 1.54) is 0 Å². The predicted molar refractivity (Wildman–Crippen MR) is 113 cm³/mol. The van der Waals surface area contributed by atoms with Crippen molar-refractivity contribution in [3.8, 4) is 5.75 Å². The minimum atomic E-state index is -0.371. The smallest absolute Gasteiger partial charge is 0.323 e. The van der Waals surface area contributed by atoms with Crippen LogP contribution in [0.15, 0.2) is 59.5 Å². The van der Waals surface area contributed by atoms with Crippen LogP contribution >= 0.6 is 0 Å². The van der Waals surface area contributed by atoms with E-state index in [0.717, 1.165) is 5.75 Å². The molecule has 0 aliphatic heterocycles. The quantitative estimate of drug-likeness (QED) is 0.652. The second kappa shape index (κ2) is 8.61. The summed E-state index contributed by atoms with van der Waals surface area (Å²) in [6, 6.07) is 14.1. The summed E-state index contributed by atoms with van der Waals surface area (Å²) in [4.78, 5) is 25.2. The fourth-order valence-electron chi connectivity index (χ4n) is 3.06. The third kappa shape index (κ3) is 4.52. The Balaban J connectivity index is 1.85. The molecule has 2 aromatic carbocycles. The van der Waals surface area contributed by atoms with Gasteiger partial charge in [0, 0.05) is 29.2 Å². The van der Waals surface area contributed by atoms with Gasteiger partial charge in [-0.2, -0.15) is 0 Å². The van der Waals surface area contributed by atoms with Gasteiger partial charge in [0.2, 0.25) is 0 Å². The second-order valence-corrected chi connectivity index (χ2v) is 6.98. The van der Waals surface area contributed by atoms with E-state index in [1.807, 2.05) is 39.0 Å². The molecule has 0 aliphatic rings. The van der Waals surface area contributed by atoms with E-state index >= 15 is 0 Å². The van der Waals surface area contributed by atoms with Crippen molar-refractivity contribution in [3.05, 3.63) is 65.1 Å². The standard InChI is InChI=1S/C22H25N3O3/c1-4-28-17-11-9-16(10-12-17)23-22(27)24-20-14-25(13-15(2)3)21(26)19-8-6-5-7-18(19)20/h5-12,14-15H,4,13H2,1-3H3,(H2,23,24,27). The number of carbonyl (C=O) groups is 1. The Hall–Kier alpha value is -3.28. The largest absolute Gasteiger partial charge is 0.494 e. The highest BCUT2D eigenvalue weighted by Gasteiger charge is 2.12. The summed E-state index contributed by atoms with van der Waals surface area (Å²) in [5.74, 6) is 1.06. The number of pyridine rings is 1. The molecule has 0 fully saturated rings. The molecule has 0 aliphatic carbocycles. The summed E-state index contributed by atoms with van der Waals surface area (Å²) in [5, 5.41) is 6.98. The molecule has 28 heavy (non-hydrogen) atoms. The lowest BCUT2D eigenvalue weighted by Crippen LogP contribution is -2.25. The Morgan fingerprint density at radius 1 is 1.04 bits per heavy atom. The van der Waals surface area contributed by atoms with Gasteiger partial charge in [0.1, 0.15) is 5.75 Å². The van der Waals surface area contributed by atoms with Crippen LogP contribution in [0.4, 0.5) is 16.2 Å². The molecule has 6 nitrogen and oxygen atoms in total. The lowest BCUT2D eigenvalue weighted by Gasteiger charge is -2.15. The van der Waals surface area contributed by atoms with E-state index in [2.05, 4.69) is 10.6 Å². The topological polar surface area (TPSA) is 72.4 Å². The minimum Gasteiger partial charge on any atom is -0.494 e. The van der Waals surface area contributed by atoms with Crippen LogP contribution in [0.3, 0.4) is 0 Å². The summed E-state index contributed by atoms with van der Waals surface area (Å²) >= 11 is 0. The number of rotatable bonds is 6. The van der Waals surface area contributed by atoms with Crippen LogP contribution in [-0.2, 0) is 6.54 Å². The number of hydrogen-bond acceptors (Lipinski definition) is 3. The van der Waals surface area contributed by atoms with Crippen LogP contribution < -0.4 is 20.9 Å². The summed E-state index contributed by atoms with van der Waals surface area (Å²) < 4.78 is 7.06. The zero-order chi connectivity index (χ0) is 20.1. The van der Waals surface area contributed by atoms with Gasteiger partial charge in [-0.05, 0) is 43.2 Å². The third-order valence-corrected chi connectivity index (χ3v) is 4.23. The highest BCUT2D eigenvalue weighted by Crippen LogP contribution is 2.22. The van der Waals surface area contributed by atoms with Crippen LogP contribution in [0.1, 0.15) is 20.8 Å². The molecule has 6 heteroatoms. The molecule has 0 saturated carbocycles. The molecule has 0 atom stereocenters. The Morgan fingerprint density at radius 2 is 1.71 bits per heavy atom. The summed E-state index contributed by atoms with van der Waals surface area (Å²) in [5.41, 5.74) is 1.20. The summed E-state index contributed by atoms with van der Waals surface area (Å²) in [6.07, 6.45) is 1.71. The Morgan fingerprint density at radius 3 is 2.36 bits per heavy atom. The van der Waals surface area contributed by atoms with Crippen LogP contribution in [-0.4, -0.2) is 17.2 Å². The Kier molecular flexibility index (Phi) is 5.99. The van der Waals surface area contributed by atoms with Crippen molar-refractivity contribution < 1.29 is 9.53 Å². The van der Waals surface area contributed by atoms with Crippen LogP contribution in [0.2, 0.25) is 0 Å². The van der Waals surface area contributed by atoms with Crippen molar-refractivity contribution in [2.24, 2.45) is 5.92 Å². The van der Waals surface area contributed by atoms with Crippen molar-refractivity contribution >= 4 is 28.2 Å². The molecule has 2 N–H and O–H groups in total. The molecule has 3 aromatic rings. The summed E-state index contributed by atoms with van der Waals surface area (Å²) in [7, 11) is 0. The number of aromatic nitrogens is 1. The van der Waals surface area contributed by atoms with Crippen molar-refractivity contribution in [1.82, 2.24) is 4.57 Å². The zero-order valence-electron chi connectivity index (χ0n) is 16.4. The van der Waals surface area contributed by atoms with Gasteiger partial charge in [-0.1, -0.05) is 32.0 Å². The highest BCUT2D eigenvalue weighted by atomic mass is 16.5. The maximum atomic E-state index is 12.7. The van der Waals surface area contributed by atoms with Crippen molar-refractivity contribution in [2.75, 3.05) is 17.2 Å². The fourth-order valence-corrected chi connectivity index (χ4v) is 3.06. The first-order valence-electron chi connectivity index (χ1n) is 9.41. The van der Waals surface area contributed by atoms with Gasteiger partial charge < -0.3 is 19.9 Å². The number of fused-ring (bicyclic) bond motifs is 1. The molecule has 0 bridgehead atoms. The average molecular weight is 379 g/mol. The van der Waals surface area contributed by atoms with E-state index in [1.54, 1.807) is 41.1 Å². The third-order valence-electron chi connectivity index (χ3n) is 4.23. The van der Waals surface area contributed by atoms with Gasteiger partial charge >= 0.3 is 6.03 Å². The number of benzene rings is 2. The highest BCUT2D eigenvalue weighted by molar-refractivity contribution is 6.05. The number of ether oxygens (including phenoxy) is 1. The maximum absolute atomic E-state index is 12.7. The lowest BCUT2D eigenvalue weighted by molar-refractivity contribution is 0.262. The Bertz CT molecular complexity index is 1020. The van der Waals surface area contributed by atoms with Crippen LogP contribution in [0.5, 0.6) is 5.75 Å². The molecular weight excluding hydrogens is 354 g/mol. The van der Waals surface area contributed by atoms with Gasteiger partial charge in [0.05, 0.1) is 12.3 Å². The number of urea groups is 1. The van der Waals surface area contributed by atoms with Gasteiger partial charge in [-0.25, -0.2) is 4.79 Å². The first-order valence-corrected chi connectivity index (χ1v) is 9.41. The van der Waals surface area contributed by atoms with Crippen molar-refractivity contribution in [2.45, 2.75) is 27.3 Å². The van der Waals surface area contributed by atoms with Gasteiger partial charge in [0.25, 0.3) is 5.56 Å². The molecule has 1 heterocycles. The normalized spacial score (nSPS) is 10.9. The monoisotopic (exact) mass is 379 g/mol. The van der Waals surface area contributed by atoms with Gasteiger partial charge in [-0.15, -0.1) is 0 Å². The zero-order valence-corrected chi connectivity index (χ0v) is 16.4. The molecule has 3 rings (SSSR count). The summed E-state index contributed by atoms with van der Waals surface area (Å²) in [6.45, 7) is 7.19. The molecule has 2 amide bonds. The van der Waals surface area contributed by atoms with Crippen molar-refractivity contribution in [3.63, 3.8) is 0 Å². The molecule has 1 aromatic heterocycles. The lowest BCUT2D eigenvalue weighted by atomic mass is 10.1. The Labute approximate surface area is 164 Å². The number of carbonyl (C=O) groups excluding carboxylic acids is 1. The number of amides is 2. The van der Waals surface area contributed by atoms with E-state index in [4.69, 9.17) is 4.74 Å². The molecular formula is C22H25N3O3. The minimum absolute atomic E-state index is 0.0539. The van der Waals surface area contributed by atoms with E-state index in [-0.39, 0.29) is 11.6 Å². The molecule has 0 radical (unpaired) electrons. The number of nitrogens with one attached hydrogen (secondary N) is 2. The predicted octanol–water partition coefficient (Wildman–Crippen LogP) is 4.70. The molecule has 0 unspecified atom stereocenters. The maximum Gasteiger partial charge on any atom is 0.323 e. The first kappa shape index (κ1) is 19.5. The van der Waals surface area contributed by atoms with Crippen molar-refractivity contribution in [1.29, 1.82) is 0 Å². The van der Waals surface area contributed by atoms with Gasteiger partial charge in [-0.3, -0.25) is 4.79 Å². The fraction of sp³-hybridized carbons (Fsp3) is 0.273. The van der Waals surface area contributed by atoms with Gasteiger partial charge in [0.15, 0.2) is 0 Å². The molecule has 0 spiro atoms. The number of anilines is 2. The van der Waals surface area contributed by atoms with Crippen LogP contribution in [0.25, 0.3) is 10.8 Å². The van der Waals surface area contributed by atoms with E-state index in [0.29, 0.717) is 41.2 Å². The SMILES string of the molecule is CCOc1ccc(NC(=O)Nc2cn(CC(C)C)c(=O)c3ccccc23)cc1. The number of nitrogens with zero attached hydrogens (tertiary/aromatic N) is 1.